The van der Waals surface area contributed by atoms with Gasteiger partial charge in [0.2, 0.25) is 0 Å². The van der Waals surface area contributed by atoms with E-state index in [-0.39, 0.29) is 0 Å². The van der Waals surface area contributed by atoms with Crippen LogP contribution >= 0.6 is 11.3 Å². The molecular weight excluding hydrogens is 216 g/mol. The third-order valence-corrected chi connectivity index (χ3v) is 3.77. The maximum absolute atomic E-state index is 9.03. The summed E-state index contributed by atoms with van der Waals surface area (Å²) in [6.07, 6.45) is 2.02. The van der Waals surface area contributed by atoms with E-state index in [9.17, 15) is 0 Å². The molecule has 1 atom stereocenters. The number of nitrogens with zero attached hydrogens (tertiary/aromatic N) is 1. The Hall–Kier alpha value is -1.01. The molecule has 0 amide bonds. The summed E-state index contributed by atoms with van der Waals surface area (Å²) in [5.74, 6) is 0.438. The lowest BCUT2D eigenvalue weighted by Crippen LogP contribution is -1.97. The summed E-state index contributed by atoms with van der Waals surface area (Å²) in [6.45, 7) is 10.4. The Labute approximate surface area is 103 Å². The topological polar surface area (TPSA) is 49.8 Å². The Morgan fingerprint density at radius 2 is 1.94 bits per heavy atom. The summed E-state index contributed by atoms with van der Waals surface area (Å²) in [5.41, 5.74) is 7.71. The van der Waals surface area contributed by atoms with E-state index in [0.717, 1.165) is 12.8 Å². The number of rotatable bonds is 3. The molecule has 2 N–H and O–H groups in total. The molecule has 0 saturated heterocycles. The molecule has 1 heterocycles. The Kier molecular flexibility index (Phi) is 6.83. The molecule has 0 saturated carbocycles. The van der Waals surface area contributed by atoms with Gasteiger partial charge in [0, 0.05) is 4.88 Å². The Bertz CT molecular complexity index is 361. The minimum absolute atomic E-state index is 0.438. The summed E-state index contributed by atoms with van der Waals surface area (Å²) < 4.78 is 0. The van der Waals surface area contributed by atoms with Crippen LogP contribution in [0, 0.1) is 11.3 Å². The van der Waals surface area contributed by atoms with Gasteiger partial charge in [-0.15, -0.1) is 11.3 Å². The summed E-state index contributed by atoms with van der Waals surface area (Å²) in [6, 6.07) is 2.22. The summed E-state index contributed by atoms with van der Waals surface area (Å²) >= 11 is 1.56. The van der Waals surface area contributed by atoms with Crippen LogP contribution in [0.3, 0.4) is 0 Å². The van der Waals surface area contributed by atoms with Crippen LogP contribution in [0.5, 0.6) is 0 Å². The molecule has 0 bridgehead atoms. The van der Waals surface area contributed by atoms with Crippen molar-refractivity contribution in [2.75, 3.05) is 5.73 Å². The maximum Gasteiger partial charge on any atom is 0.104 e. The van der Waals surface area contributed by atoms with Gasteiger partial charge in [-0.05, 0) is 24.3 Å². The van der Waals surface area contributed by atoms with Crippen LogP contribution in [0.2, 0.25) is 0 Å². The fourth-order valence-corrected chi connectivity index (χ4v) is 2.69. The average molecular weight is 238 g/mol. The number of anilines is 1. The summed E-state index contributed by atoms with van der Waals surface area (Å²) in [7, 11) is 0. The monoisotopic (exact) mass is 238 g/mol. The molecule has 1 unspecified atom stereocenters. The van der Waals surface area contributed by atoms with Gasteiger partial charge in [0.15, 0.2) is 0 Å². The average Bonchev–Trinajstić information content (AvgIpc) is 2.66. The van der Waals surface area contributed by atoms with Gasteiger partial charge in [0.1, 0.15) is 11.1 Å². The van der Waals surface area contributed by atoms with E-state index in [1.807, 2.05) is 13.8 Å². The van der Waals surface area contributed by atoms with Crippen molar-refractivity contribution in [2.24, 2.45) is 0 Å². The van der Waals surface area contributed by atoms with E-state index in [2.05, 4.69) is 26.8 Å². The number of aryl methyl sites for hydroxylation is 1. The predicted molar refractivity (Wildman–Crippen MR) is 72.9 cm³/mol. The van der Waals surface area contributed by atoms with Crippen molar-refractivity contribution in [3.8, 4) is 6.07 Å². The van der Waals surface area contributed by atoms with Gasteiger partial charge in [0.05, 0.1) is 5.56 Å². The van der Waals surface area contributed by atoms with Gasteiger partial charge in [-0.1, -0.05) is 34.6 Å². The lowest BCUT2D eigenvalue weighted by molar-refractivity contribution is 0.727. The van der Waals surface area contributed by atoms with Crippen LogP contribution < -0.4 is 5.73 Å². The molecule has 0 aliphatic heterocycles. The minimum atomic E-state index is 0.438. The third kappa shape index (κ3) is 2.99. The van der Waals surface area contributed by atoms with E-state index < -0.39 is 0 Å². The molecule has 0 aliphatic rings. The summed E-state index contributed by atoms with van der Waals surface area (Å²) in [5, 5.41) is 9.71. The molecule has 1 aromatic heterocycles. The number of nitrogens with two attached hydrogens (primary N) is 1. The number of nitrogen functional groups attached to an aromatic ring is 1. The van der Waals surface area contributed by atoms with Crippen LogP contribution in [-0.2, 0) is 6.42 Å². The zero-order chi connectivity index (χ0) is 12.7. The van der Waals surface area contributed by atoms with E-state index in [0.29, 0.717) is 16.5 Å². The molecule has 1 aromatic rings. The van der Waals surface area contributed by atoms with Gasteiger partial charge in [-0.25, -0.2) is 0 Å². The smallest absolute Gasteiger partial charge is 0.104 e. The molecule has 1 rings (SSSR count). The molecule has 90 valence electrons. The van der Waals surface area contributed by atoms with Crippen LogP contribution in [0.15, 0.2) is 0 Å². The fourth-order valence-electron chi connectivity index (χ4n) is 1.61. The number of hydrogen-bond donors (Lipinski definition) is 1. The first-order valence-electron chi connectivity index (χ1n) is 5.96. The highest BCUT2D eigenvalue weighted by Gasteiger charge is 2.18. The molecule has 0 spiro atoms. The minimum Gasteiger partial charge on any atom is -0.389 e. The predicted octanol–water partition coefficient (Wildman–Crippen LogP) is 4.30. The molecule has 16 heavy (non-hydrogen) atoms. The molecule has 3 heteroatoms. The molecule has 0 aromatic carbocycles. The Morgan fingerprint density at radius 1 is 1.38 bits per heavy atom. The van der Waals surface area contributed by atoms with E-state index >= 15 is 0 Å². The quantitative estimate of drug-likeness (QED) is 0.853. The lowest BCUT2D eigenvalue weighted by atomic mass is 9.94. The molecule has 0 aliphatic carbocycles. The van der Waals surface area contributed by atoms with Crippen molar-refractivity contribution in [3.05, 3.63) is 16.0 Å². The van der Waals surface area contributed by atoms with Crippen LogP contribution in [0.25, 0.3) is 0 Å². The fraction of sp³-hybridized carbons (Fsp3) is 0.615. The van der Waals surface area contributed by atoms with E-state index in [1.54, 1.807) is 11.3 Å². The SMILES string of the molecule is CC.CCc1sc(N)c(C#N)c1C(C)CC. The summed E-state index contributed by atoms with van der Waals surface area (Å²) in [4.78, 5) is 1.27. The first-order valence-corrected chi connectivity index (χ1v) is 6.78. The number of thiophene rings is 1. The second-order valence-electron chi connectivity index (χ2n) is 3.45. The van der Waals surface area contributed by atoms with Crippen molar-refractivity contribution in [1.82, 2.24) is 0 Å². The second-order valence-corrected chi connectivity index (χ2v) is 4.59. The van der Waals surface area contributed by atoms with Crippen LogP contribution in [0.4, 0.5) is 5.00 Å². The largest absolute Gasteiger partial charge is 0.389 e. The Balaban J connectivity index is 0.00000106. The number of nitriles is 1. The van der Waals surface area contributed by atoms with Crippen molar-refractivity contribution < 1.29 is 0 Å². The zero-order valence-electron chi connectivity index (χ0n) is 10.9. The highest BCUT2D eigenvalue weighted by Crippen LogP contribution is 2.36. The molecule has 2 nitrogen and oxygen atoms in total. The van der Waals surface area contributed by atoms with Gasteiger partial charge in [-0.2, -0.15) is 5.26 Å². The van der Waals surface area contributed by atoms with E-state index in [4.69, 9.17) is 11.0 Å². The van der Waals surface area contributed by atoms with E-state index in [1.165, 1.54) is 10.4 Å². The van der Waals surface area contributed by atoms with Gasteiger partial charge in [0.25, 0.3) is 0 Å². The maximum atomic E-state index is 9.03. The van der Waals surface area contributed by atoms with Crippen LogP contribution in [-0.4, -0.2) is 0 Å². The van der Waals surface area contributed by atoms with Crippen molar-refractivity contribution in [1.29, 1.82) is 5.26 Å². The van der Waals surface area contributed by atoms with Gasteiger partial charge < -0.3 is 5.73 Å². The van der Waals surface area contributed by atoms with Crippen molar-refractivity contribution in [3.63, 3.8) is 0 Å². The first kappa shape index (κ1) is 15.0. The third-order valence-electron chi connectivity index (χ3n) is 2.59. The highest BCUT2D eigenvalue weighted by molar-refractivity contribution is 7.16. The lowest BCUT2D eigenvalue weighted by Gasteiger charge is -2.09. The zero-order valence-corrected chi connectivity index (χ0v) is 11.7. The molecule has 0 radical (unpaired) electrons. The van der Waals surface area contributed by atoms with Crippen molar-refractivity contribution in [2.45, 2.75) is 53.4 Å². The Morgan fingerprint density at radius 3 is 2.31 bits per heavy atom. The molecular formula is C13H22N2S. The van der Waals surface area contributed by atoms with Gasteiger partial charge in [-0.3, -0.25) is 0 Å². The number of hydrogen-bond acceptors (Lipinski definition) is 3. The second kappa shape index (κ2) is 7.29. The van der Waals surface area contributed by atoms with Crippen LogP contribution in [0.1, 0.15) is 63.0 Å². The molecule has 0 fully saturated rings. The van der Waals surface area contributed by atoms with Crippen molar-refractivity contribution >= 4 is 16.3 Å². The standard InChI is InChI=1S/C11H16N2S.C2H6/c1-4-7(3)10-8(6-12)11(13)14-9(10)5-2;1-2/h7H,4-5,13H2,1-3H3;1-2H3. The normalized spacial score (nSPS) is 11.2. The first-order chi connectivity index (χ1) is 7.65. The highest BCUT2D eigenvalue weighted by atomic mass is 32.1. The van der Waals surface area contributed by atoms with Gasteiger partial charge >= 0.3 is 0 Å².